The van der Waals surface area contributed by atoms with Crippen molar-refractivity contribution in [1.82, 2.24) is 0 Å². The summed E-state index contributed by atoms with van der Waals surface area (Å²) < 4.78 is 6.39. The third-order valence-electron chi connectivity index (χ3n) is 7.20. The van der Waals surface area contributed by atoms with Gasteiger partial charge in [-0.05, 0) is 60.2 Å². The van der Waals surface area contributed by atoms with E-state index in [4.69, 9.17) is 4.74 Å². The van der Waals surface area contributed by atoms with Crippen LogP contribution in [0.4, 0.5) is 0 Å². The summed E-state index contributed by atoms with van der Waals surface area (Å²) in [5, 5.41) is 0. The van der Waals surface area contributed by atoms with Gasteiger partial charge in [0, 0.05) is 0 Å². The largest absolute Gasteiger partial charge is 0.375 e. The van der Waals surface area contributed by atoms with E-state index in [-0.39, 0.29) is 0 Å². The number of hydrogen-bond donors (Lipinski definition) is 0. The topological polar surface area (TPSA) is 9.23 Å². The number of hydrogen-bond acceptors (Lipinski definition) is 1. The van der Waals surface area contributed by atoms with Crippen LogP contribution in [-0.4, -0.2) is 12.2 Å². The predicted octanol–water partition coefficient (Wildman–Crippen LogP) is 4.90. The lowest BCUT2D eigenvalue weighted by Gasteiger charge is -2.50. The third kappa shape index (κ3) is 1.91. The van der Waals surface area contributed by atoms with E-state index in [1.165, 1.54) is 25.7 Å². The molecule has 1 nitrogen and oxygen atoms in total. The van der Waals surface area contributed by atoms with Gasteiger partial charge in [-0.2, -0.15) is 0 Å². The Bertz CT molecular complexity index is 357. The van der Waals surface area contributed by atoms with Crippen molar-refractivity contribution >= 4 is 0 Å². The van der Waals surface area contributed by atoms with E-state index in [1.54, 1.807) is 0 Å². The van der Waals surface area contributed by atoms with Crippen LogP contribution in [0, 0.1) is 34.5 Å². The van der Waals surface area contributed by atoms with Crippen molar-refractivity contribution in [2.24, 2.45) is 34.5 Å². The van der Waals surface area contributed by atoms with Gasteiger partial charge >= 0.3 is 0 Å². The van der Waals surface area contributed by atoms with E-state index < -0.39 is 0 Å². The highest BCUT2D eigenvalue weighted by Crippen LogP contribution is 2.65. The van der Waals surface area contributed by atoms with Crippen LogP contribution in [0.1, 0.15) is 67.2 Å². The van der Waals surface area contributed by atoms with Crippen LogP contribution in [0.2, 0.25) is 0 Å². The standard InChI is InChI=1S/C18H32O/c1-7-12-9-13-15(19-12)10-17(3,4)14-8-11(2)18(5,6)16(13)14/h11-16H,7-10H2,1-6H3/t11-,12?,13?,14?,15?,16?/m0/s1. The van der Waals surface area contributed by atoms with Gasteiger partial charge in [0.15, 0.2) is 0 Å². The molecular weight excluding hydrogens is 232 g/mol. The molecule has 0 N–H and O–H groups in total. The fourth-order valence-electron chi connectivity index (χ4n) is 5.70. The maximum Gasteiger partial charge on any atom is 0.0616 e. The second kappa shape index (κ2) is 4.23. The van der Waals surface area contributed by atoms with E-state index in [0.29, 0.717) is 23.0 Å². The lowest BCUT2D eigenvalue weighted by Crippen LogP contribution is -2.47. The first-order valence-corrected chi connectivity index (χ1v) is 8.42. The van der Waals surface area contributed by atoms with E-state index in [0.717, 1.165) is 23.7 Å². The molecule has 19 heavy (non-hydrogen) atoms. The number of fused-ring (bicyclic) bond motifs is 3. The van der Waals surface area contributed by atoms with Gasteiger partial charge < -0.3 is 4.74 Å². The molecular formula is C18H32O. The molecule has 1 saturated heterocycles. The SMILES string of the molecule is CCC1CC2C(CC(C)(C)C3C[C@H](C)C(C)(C)C23)O1. The summed E-state index contributed by atoms with van der Waals surface area (Å²) in [7, 11) is 0. The van der Waals surface area contributed by atoms with Crippen molar-refractivity contribution in [3.63, 3.8) is 0 Å². The third-order valence-corrected chi connectivity index (χ3v) is 7.20. The molecule has 0 aromatic heterocycles. The van der Waals surface area contributed by atoms with Gasteiger partial charge in [-0.15, -0.1) is 0 Å². The molecule has 5 unspecified atom stereocenters. The van der Waals surface area contributed by atoms with Crippen LogP contribution < -0.4 is 0 Å². The summed E-state index contributed by atoms with van der Waals surface area (Å²) >= 11 is 0. The molecule has 1 heteroatoms. The Kier molecular flexibility index (Phi) is 3.10. The Hall–Kier alpha value is -0.0400. The van der Waals surface area contributed by atoms with Crippen LogP contribution in [0.25, 0.3) is 0 Å². The summed E-state index contributed by atoms with van der Waals surface area (Å²) in [4.78, 5) is 0. The first kappa shape index (κ1) is 13.9. The minimum Gasteiger partial charge on any atom is -0.375 e. The lowest BCUT2D eigenvalue weighted by atomic mass is 9.55. The van der Waals surface area contributed by atoms with Crippen LogP contribution in [0.5, 0.6) is 0 Å². The van der Waals surface area contributed by atoms with Gasteiger partial charge in [-0.3, -0.25) is 0 Å². The molecule has 0 spiro atoms. The van der Waals surface area contributed by atoms with Gasteiger partial charge in [0.05, 0.1) is 12.2 Å². The van der Waals surface area contributed by atoms with Crippen molar-refractivity contribution in [2.45, 2.75) is 79.4 Å². The molecule has 2 saturated carbocycles. The van der Waals surface area contributed by atoms with Crippen molar-refractivity contribution < 1.29 is 4.74 Å². The molecule has 3 aliphatic rings. The first-order chi connectivity index (χ1) is 8.77. The van der Waals surface area contributed by atoms with Gasteiger partial charge in [-0.1, -0.05) is 41.5 Å². The molecule has 2 aliphatic carbocycles. The molecule has 1 aliphatic heterocycles. The lowest BCUT2D eigenvalue weighted by molar-refractivity contribution is -0.0753. The molecule has 1 heterocycles. The van der Waals surface area contributed by atoms with Crippen LogP contribution in [0.15, 0.2) is 0 Å². The minimum absolute atomic E-state index is 0.469. The van der Waals surface area contributed by atoms with Gasteiger partial charge in [-0.25, -0.2) is 0 Å². The Morgan fingerprint density at radius 2 is 1.79 bits per heavy atom. The number of ether oxygens (including phenoxy) is 1. The second-order valence-electron chi connectivity index (χ2n) is 8.89. The van der Waals surface area contributed by atoms with Crippen molar-refractivity contribution in [1.29, 1.82) is 0 Å². The highest BCUT2D eigenvalue weighted by molar-refractivity contribution is 5.09. The average Bonchev–Trinajstić information content (AvgIpc) is 2.79. The van der Waals surface area contributed by atoms with Crippen LogP contribution in [0.3, 0.4) is 0 Å². The smallest absolute Gasteiger partial charge is 0.0616 e. The van der Waals surface area contributed by atoms with Crippen molar-refractivity contribution in [2.75, 3.05) is 0 Å². The van der Waals surface area contributed by atoms with Gasteiger partial charge in [0.2, 0.25) is 0 Å². The van der Waals surface area contributed by atoms with E-state index >= 15 is 0 Å². The fraction of sp³-hybridized carbons (Fsp3) is 1.00. The summed E-state index contributed by atoms with van der Waals surface area (Å²) in [6.45, 7) is 14.8. The summed E-state index contributed by atoms with van der Waals surface area (Å²) in [5.74, 6) is 3.50. The van der Waals surface area contributed by atoms with E-state index in [2.05, 4.69) is 41.5 Å². The maximum atomic E-state index is 6.39. The normalized spacial score (nSPS) is 50.8. The van der Waals surface area contributed by atoms with Crippen LogP contribution in [-0.2, 0) is 4.74 Å². The van der Waals surface area contributed by atoms with Crippen LogP contribution >= 0.6 is 0 Å². The molecule has 0 amide bonds. The molecule has 3 rings (SSSR count). The molecule has 0 bridgehead atoms. The Balaban J connectivity index is 1.95. The number of rotatable bonds is 1. The van der Waals surface area contributed by atoms with Gasteiger partial charge in [0.1, 0.15) is 0 Å². The minimum atomic E-state index is 0.469. The summed E-state index contributed by atoms with van der Waals surface area (Å²) in [5.41, 5.74) is 0.966. The first-order valence-electron chi connectivity index (χ1n) is 8.42. The van der Waals surface area contributed by atoms with Crippen molar-refractivity contribution in [3.05, 3.63) is 0 Å². The Labute approximate surface area is 119 Å². The predicted molar refractivity (Wildman–Crippen MR) is 80.0 cm³/mol. The fourth-order valence-corrected chi connectivity index (χ4v) is 5.70. The quantitative estimate of drug-likeness (QED) is 0.654. The Morgan fingerprint density at radius 1 is 1.11 bits per heavy atom. The molecule has 0 aromatic rings. The highest BCUT2D eigenvalue weighted by atomic mass is 16.5. The molecule has 6 atom stereocenters. The van der Waals surface area contributed by atoms with E-state index in [9.17, 15) is 0 Å². The highest BCUT2D eigenvalue weighted by Gasteiger charge is 2.61. The summed E-state index contributed by atoms with van der Waals surface area (Å²) in [6, 6.07) is 0. The zero-order chi connectivity index (χ0) is 14.0. The molecule has 3 fully saturated rings. The zero-order valence-electron chi connectivity index (χ0n) is 13.7. The Morgan fingerprint density at radius 3 is 2.42 bits per heavy atom. The van der Waals surface area contributed by atoms with Gasteiger partial charge in [0.25, 0.3) is 0 Å². The van der Waals surface area contributed by atoms with E-state index in [1.807, 2.05) is 0 Å². The average molecular weight is 264 g/mol. The zero-order valence-corrected chi connectivity index (χ0v) is 13.7. The maximum absolute atomic E-state index is 6.39. The monoisotopic (exact) mass is 264 g/mol. The molecule has 0 radical (unpaired) electrons. The van der Waals surface area contributed by atoms with Crippen molar-refractivity contribution in [3.8, 4) is 0 Å². The summed E-state index contributed by atoms with van der Waals surface area (Å²) in [6.07, 6.45) is 6.33. The second-order valence-corrected chi connectivity index (χ2v) is 8.89. The molecule has 110 valence electrons. The molecule has 0 aromatic carbocycles.